The zero-order valence-corrected chi connectivity index (χ0v) is 10.5. The minimum Gasteiger partial charge on any atom is -0.475 e. The van der Waals surface area contributed by atoms with E-state index in [1.165, 1.54) is 6.07 Å². The summed E-state index contributed by atoms with van der Waals surface area (Å²) >= 11 is 3.25. The van der Waals surface area contributed by atoms with Crippen LogP contribution in [0, 0.1) is 0 Å². The second kappa shape index (κ2) is 4.26. The minimum atomic E-state index is -1.07. The van der Waals surface area contributed by atoms with Crippen LogP contribution in [-0.4, -0.2) is 16.6 Å². The molecule has 0 bridgehead atoms. The van der Waals surface area contributed by atoms with Gasteiger partial charge in [0.15, 0.2) is 0 Å². The number of carboxylic acid groups (broad SMARTS) is 1. The van der Waals surface area contributed by atoms with Crippen LogP contribution < -0.4 is 5.32 Å². The maximum absolute atomic E-state index is 10.7. The van der Waals surface area contributed by atoms with Crippen molar-refractivity contribution in [1.29, 1.82) is 0 Å². The molecule has 1 aromatic rings. The molecule has 0 saturated heterocycles. The molecule has 0 fully saturated rings. The SMILES string of the molecule is CCC(C)(C)Nc1oc(C(=O)O)cc1Br. The Morgan fingerprint density at radius 2 is 2.27 bits per heavy atom. The van der Waals surface area contributed by atoms with E-state index in [-0.39, 0.29) is 11.3 Å². The van der Waals surface area contributed by atoms with Crippen molar-refractivity contribution < 1.29 is 14.3 Å². The third-order valence-corrected chi connectivity index (χ3v) is 2.82. The highest BCUT2D eigenvalue weighted by Crippen LogP contribution is 2.29. The predicted octanol–water partition coefficient (Wildman–Crippen LogP) is 3.34. The van der Waals surface area contributed by atoms with Crippen LogP contribution >= 0.6 is 15.9 Å². The van der Waals surface area contributed by atoms with Crippen molar-refractivity contribution in [1.82, 2.24) is 0 Å². The molecule has 0 aliphatic rings. The van der Waals surface area contributed by atoms with Gasteiger partial charge >= 0.3 is 5.97 Å². The summed E-state index contributed by atoms with van der Waals surface area (Å²) in [5, 5.41) is 11.9. The van der Waals surface area contributed by atoms with Gasteiger partial charge in [0.25, 0.3) is 0 Å². The fourth-order valence-electron chi connectivity index (χ4n) is 0.955. The lowest BCUT2D eigenvalue weighted by molar-refractivity contribution is 0.0663. The predicted molar refractivity (Wildman–Crippen MR) is 61.4 cm³/mol. The first kappa shape index (κ1) is 12.1. The topological polar surface area (TPSA) is 62.5 Å². The van der Waals surface area contributed by atoms with Crippen LogP contribution in [0.15, 0.2) is 15.0 Å². The van der Waals surface area contributed by atoms with E-state index < -0.39 is 5.97 Å². The van der Waals surface area contributed by atoms with Crippen LogP contribution in [0.5, 0.6) is 0 Å². The van der Waals surface area contributed by atoms with Gasteiger partial charge in [-0.15, -0.1) is 0 Å². The number of anilines is 1. The summed E-state index contributed by atoms with van der Waals surface area (Å²) in [5.41, 5.74) is -0.129. The number of carbonyl (C=O) groups is 1. The Morgan fingerprint density at radius 3 is 2.67 bits per heavy atom. The highest BCUT2D eigenvalue weighted by atomic mass is 79.9. The van der Waals surface area contributed by atoms with Gasteiger partial charge in [0, 0.05) is 11.6 Å². The van der Waals surface area contributed by atoms with Crippen molar-refractivity contribution in [3.05, 3.63) is 16.3 Å². The number of hydrogen-bond acceptors (Lipinski definition) is 3. The average molecular weight is 276 g/mol. The maximum atomic E-state index is 10.7. The summed E-state index contributed by atoms with van der Waals surface area (Å²) < 4.78 is 5.78. The van der Waals surface area contributed by atoms with Crippen molar-refractivity contribution in [3.8, 4) is 0 Å². The number of rotatable bonds is 4. The third kappa shape index (κ3) is 2.99. The quantitative estimate of drug-likeness (QED) is 0.885. The molecule has 0 aliphatic heterocycles. The standard InChI is InChI=1S/C10H14BrNO3/c1-4-10(2,3)12-8-6(11)5-7(15-8)9(13)14/h5,12H,4H2,1-3H3,(H,13,14). The molecule has 0 aliphatic carbocycles. The Kier molecular flexibility index (Phi) is 3.44. The number of halogens is 1. The third-order valence-electron chi connectivity index (χ3n) is 2.23. The Balaban J connectivity index is 2.91. The van der Waals surface area contributed by atoms with E-state index in [2.05, 4.69) is 21.2 Å². The summed E-state index contributed by atoms with van der Waals surface area (Å²) in [6.45, 7) is 6.08. The zero-order valence-electron chi connectivity index (χ0n) is 8.93. The van der Waals surface area contributed by atoms with Gasteiger partial charge in [-0.3, -0.25) is 0 Å². The van der Waals surface area contributed by atoms with E-state index in [0.717, 1.165) is 6.42 Å². The van der Waals surface area contributed by atoms with E-state index in [0.29, 0.717) is 10.4 Å². The molecule has 5 heteroatoms. The summed E-state index contributed by atoms with van der Waals surface area (Å²) in [4.78, 5) is 10.7. The van der Waals surface area contributed by atoms with Gasteiger partial charge < -0.3 is 14.8 Å². The molecule has 15 heavy (non-hydrogen) atoms. The molecule has 1 heterocycles. The van der Waals surface area contributed by atoms with E-state index in [1.54, 1.807) is 0 Å². The number of carboxylic acids is 1. The molecule has 1 rings (SSSR count). The Bertz CT molecular complexity index is 371. The Labute approximate surface area is 96.8 Å². The smallest absolute Gasteiger partial charge is 0.371 e. The first-order valence-electron chi connectivity index (χ1n) is 4.66. The fraction of sp³-hybridized carbons (Fsp3) is 0.500. The molecule has 1 aromatic heterocycles. The number of hydrogen-bond donors (Lipinski definition) is 2. The molecule has 0 amide bonds. The van der Waals surface area contributed by atoms with Gasteiger partial charge in [0.1, 0.15) is 0 Å². The van der Waals surface area contributed by atoms with Crippen molar-refractivity contribution in [2.24, 2.45) is 0 Å². The lowest BCUT2D eigenvalue weighted by atomic mass is 10.0. The van der Waals surface area contributed by atoms with Gasteiger partial charge in [-0.2, -0.15) is 0 Å². The zero-order chi connectivity index (χ0) is 11.6. The number of aromatic carboxylic acids is 1. The first-order chi connectivity index (χ1) is 6.85. The lowest BCUT2D eigenvalue weighted by Crippen LogP contribution is -2.29. The molecule has 84 valence electrons. The monoisotopic (exact) mass is 275 g/mol. The van der Waals surface area contributed by atoms with Gasteiger partial charge in [-0.25, -0.2) is 4.79 Å². The molecule has 2 N–H and O–H groups in total. The normalized spacial score (nSPS) is 11.5. The van der Waals surface area contributed by atoms with E-state index in [9.17, 15) is 4.79 Å². The first-order valence-corrected chi connectivity index (χ1v) is 5.46. The van der Waals surface area contributed by atoms with Gasteiger partial charge in [-0.1, -0.05) is 6.92 Å². The van der Waals surface area contributed by atoms with Crippen molar-refractivity contribution in [3.63, 3.8) is 0 Å². The molecular weight excluding hydrogens is 262 g/mol. The molecule has 0 saturated carbocycles. The molecule has 0 atom stereocenters. The van der Waals surface area contributed by atoms with E-state index in [4.69, 9.17) is 9.52 Å². The van der Waals surface area contributed by atoms with Gasteiger partial charge in [0.2, 0.25) is 11.6 Å². The van der Waals surface area contributed by atoms with Crippen LogP contribution in [0.4, 0.5) is 5.88 Å². The molecule has 0 spiro atoms. The van der Waals surface area contributed by atoms with E-state index >= 15 is 0 Å². The van der Waals surface area contributed by atoms with Gasteiger partial charge in [-0.05, 0) is 36.2 Å². The van der Waals surface area contributed by atoms with Crippen molar-refractivity contribution in [2.75, 3.05) is 5.32 Å². The van der Waals surface area contributed by atoms with Gasteiger partial charge in [0.05, 0.1) is 4.47 Å². The number of nitrogens with one attached hydrogen (secondary N) is 1. The molecule has 0 unspecified atom stereocenters. The van der Waals surface area contributed by atoms with E-state index in [1.807, 2.05) is 20.8 Å². The molecule has 4 nitrogen and oxygen atoms in total. The second-order valence-electron chi connectivity index (χ2n) is 3.96. The highest BCUT2D eigenvalue weighted by molar-refractivity contribution is 9.10. The lowest BCUT2D eigenvalue weighted by Gasteiger charge is -2.24. The largest absolute Gasteiger partial charge is 0.475 e. The molecular formula is C10H14BrNO3. The summed E-state index contributed by atoms with van der Waals surface area (Å²) in [6, 6.07) is 1.44. The minimum absolute atomic E-state index is 0.0729. The summed E-state index contributed by atoms with van der Waals surface area (Å²) in [6.07, 6.45) is 0.905. The highest BCUT2D eigenvalue weighted by Gasteiger charge is 2.20. The maximum Gasteiger partial charge on any atom is 0.371 e. The van der Waals surface area contributed by atoms with Crippen LogP contribution in [0.25, 0.3) is 0 Å². The average Bonchev–Trinajstić information content (AvgIpc) is 2.47. The van der Waals surface area contributed by atoms with Crippen molar-refractivity contribution >= 4 is 27.8 Å². The molecule has 0 aromatic carbocycles. The fourth-order valence-corrected chi connectivity index (χ4v) is 1.34. The van der Waals surface area contributed by atoms with Crippen LogP contribution in [0.1, 0.15) is 37.7 Å². The van der Waals surface area contributed by atoms with Crippen LogP contribution in [-0.2, 0) is 0 Å². The number of furan rings is 1. The summed E-state index contributed by atoms with van der Waals surface area (Å²) in [7, 11) is 0. The Morgan fingerprint density at radius 1 is 1.67 bits per heavy atom. The van der Waals surface area contributed by atoms with Crippen LogP contribution in [0.3, 0.4) is 0 Å². The van der Waals surface area contributed by atoms with Crippen LogP contribution in [0.2, 0.25) is 0 Å². The summed E-state index contributed by atoms with van der Waals surface area (Å²) in [5.74, 6) is -0.686. The Hall–Kier alpha value is -0.970. The van der Waals surface area contributed by atoms with Crippen molar-refractivity contribution in [2.45, 2.75) is 32.7 Å². The second-order valence-corrected chi connectivity index (χ2v) is 4.81. The molecule has 0 radical (unpaired) electrons.